The molecule has 2 unspecified atom stereocenters. The van der Waals surface area contributed by atoms with E-state index in [-0.39, 0.29) is 11.7 Å². The first-order valence-corrected chi connectivity index (χ1v) is 6.67. The minimum absolute atomic E-state index is 0.000541. The second kappa shape index (κ2) is 5.42. The molecular weight excluding hydrogens is 240 g/mol. The number of carbonyl (C=O) groups is 1. The normalized spacial score (nSPS) is 21.3. The zero-order valence-corrected chi connectivity index (χ0v) is 10.1. The van der Waals surface area contributed by atoms with Gasteiger partial charge in [-0.1, -0.05) is 12.1 Å². The SMILES string of the molecule is O=C(O)Cc1ccc(S(=O)C2CCOC2)cc1. The van der Waals surface area contributed by atoms with E-state index in [1.165, 1.54) is 0 Å². The van der Waals surface area contributed by atoms with E-state index in [1.54, 1.807) is 24.3 Å². The van der Waals surface area contributed by atoms with Gasteiger partial charge in [-0.15, -0.1) is 0 Å². The van der Waals surface area contributed by atoms with E-state index < -0.39 is 16.8 Å². The fourth-order valence-electron chi connectivity index (χ4n) is 1.79. The minimum atomic E-state index is -1.05. The van der Waals surface area contributed by atoms with Gasteiger partial charge in [-0.05, 0) is 24.1 Å². The first kappa shape index (κ1) is 12.3. The molecule has 0 spiro atoms. The van der Waals surface area contributed by atoms with Crippen molar-refractivity contribution in [3.63, 3.8) is 0 Å². The Kier molecular flexibility index (Phi) is 3.91. The van der Waals surface area contributed by atoms with Crippen molar-refractivity contribution in [2.24, 2.45) is 0 Å². The summed E-state index contributed by atoms with van der Waals surface area (Å²) in [6.07, 6.45) is 0.822. The average Bonchev–Trinajstić information content (AvgIpc) is 2.82. The van der Waals surface area contributed by atoms with Gasteiger partial charge < -0.3 is 9.84 Å². The van der Waals surface area contributed by atoms with Crippen LogP contribution >= 0.6 is 0 Å². The van der Waals surface area contributed by atoms with Crippen molar-refractivity contribution in [2.45, 2.75) is 23.0 Å². The van der Waals surface area contributed by atoms with Gasteiger partial charge in [0.15, 0.2) is 0 Å². The molecule has 1 N–H and O–H groups in total. The molecule has 0 saturated carbocycles. The number of rotatable bonds is 4. The topological polar surface area (TPSA) is 63.6 Å². The second-order valence-electron chi connectivity index (χ2n) is 4.00. The van der Waals surface area contributed by atoms with E-state index in [0.717, 1.165) is 16.9 Å². The van der Waals surface area contributed by atoms with Gasteiger partial charge in [0.1, 0.15) is 0 Å². The van der Waals surface area contributed by atoms with Crippen molar-refractivity contribution in [1.29, 1.82) is 0 Å². The number of aliphatic carboxylic acids is 1. The van der Waals surface area contributed by atoms with Crippen LogP contribution in [0.5, 0.6) is 0 Å². The van der Waals surface area contributed by atoms with Crippen molar-refractivity contribution in [2.75, 3.05) is 13.2 Å². The lowest BCUT2D eigenvalue weighted by Gasteiger charge is -2.08. The summed E-state index contributed by atoms with van der Waals surface area (Å²) in [5.41, 5.74) is 0.723. The Morgan fingerprint density at radius 3 is 2.65 bits per heavy atom. The third kappa shape index (κ3) is 3.14. The molecule has 1 saturated heterocycles. The smallest absolute Gasteiger partial charge is 0.307 e. The van der Waals surface area contributed by atoms with Crippen molar-refractivity contribution >= 4 is 16.8 Å². The maximum absolute atomic E-state index is 12.1. The molecule has 17 heavy (non-hydrogen) atoms. The van der Waals surface area contributed by atoms with E-state index in [9.17, 15) is 9.00 Å². The Labute approximate surface area is 102 Å². The van der Waals surface area contributed by atoms with E-state index >= 15 is 0 Å². The quantitative estimate of drug-likeness (QED) is 0.877. The highest BCUT2D eigenvalue weighted by Crippen LogP contribution is 2.19. The Bertz CT molecular complexity index is 421. The van der Waals surface area contributed by atoms with Crippen LogP contribution < -0.4 is 0 Å². The number of hydrogen-bond acceptors (Lipinski definition) is 3. The fraction of sp³-hybridized carbons (Fsp3) is 0.417. The molecule has 0 amide bonds. The summed E-state index contributed by atoms with van der Waals surface area (Å²) in [4.78, 5) is 11.3. The van der Waals surface area contributed by atoms with Crippen LogP contribution in [0.1, 0.15) is 12.0 Å². The van der Waals surface area contributed by atoms with Crippen molar-refractivity contribution in [3.8, 4) is 0 Å². The summed E-state index contributed by atoms with van der Waals surface area (Å²) in [5, 5.41) is 8.71. The van der Waals surface area contributed by atoms with Gasteiger partial charge in [-0.2, -0.15) is 0 Å². The molecule has 0 aromatic heterocycles. The molecule has 1 aliphatic heterocycles. The molecule has 1 aromatic rings. The van der Waals surface area contributed by atoms with E-state index in [2.05, 4.69) is 0 Å². The molecule has 0 aliphatic carbocycles. The number of ether oxygens (including phenoxy) is 1. The molecule has 1 aromatic carbocycles. The molecule has 5 heteroatoms. The molecule has 4 nitrogen and oxygen atoms in total. The number of benzene rings is 1. The van der Waals surface area contributed by atoms with Crippen LogP contribution in [0.25, 0.3) is 0 Å². The maximum Gasteiger partial charge on any atom is 0.307 e. The lowest BCUT2D eigenvalue weighted by Crippen LogP contribution is -2.14. The third-order valence-electron chi connectivity index (χ3n) is 2.70. The summed E-state index contributed by atoms with van der Waals surface area (Å²) in [7, 11) is -1.05. The summed E-state index contributed by atoms with van der Waals surface area (Å²) >= 11 is 0. The lowest BCUT2D eigenvalue weighted by molar-refractivity contribution is -0.136. The van der Waals surface area contributed by atoms with Crippen LogP contribution in [0.2, 0.25) is 0 Å². The highest BCUT2D eigenvalue weighted by atomic mass is 32.2. The Morgan fingerprint density at radius 1 is 1.41 bits per heavy atom. The van der Waals surface area contributed by atoms with E-state index in [1.807, 2.05) is 0 Å². The zero-order valence-electron chi connectivity index (χ0n) is 9.30. The summed E-state index contributed by atoms with van der Waals surface area (Å²) < 4.78 is 17.3. The highest BCUT2D eigenvalue weighted by molar-refractivity contribution is 7.85. The molecule has 0 radical (unpaired) electrons. The minimum Gasteiger partial charge on any atom is -0.481 e. The van der Waals surface area contributed by atoms with Gasteiger partial charge in [0.2, 0.25) is 0 Å². The highest BCUT2D eigenvalue weighted by Gasteiger charge is 2.23. The van der Waals surface area contributed by atoms with Gasteiger partial charge in [-0.3, -0.25) is 9.00 Å². The van der Waals surface area contributed by atoms with Crippen LogP contribution in [0.3, 0.4) is 0 Å². The first-order chi connectivity index (χ1) is 8.16. The second-order valence-corrected chi connectivity index (χ2v) is 5.73. The number of hydrogen-bond donors (Lipinski definition) is 1. The summed E-state index contributed by atoms with van der Waals surface area (Å²) in [6.45, 7) is 1.22. The van der Waals surface area contributed by atoms with Gasteiger partial charge >= 0.3 is 5.97 Å². The zero-order chi connectivity index (χ0) is 12.3. The predicted molar refractivity (Wildman–Crippen MR) is 63.4 cm³/mol. The third-order valence-corrected chi connectivity index (χ3v) is 4.42. The van der Waals surface area contributed by atoms with Crippen molar-refractivity contribution in [3.05, 3.63) is 29.8 Å². The Morgan fingerprint density at radius 2 is 2.12 bits per heavy atom. The van der Waals surface area contributed by atoms with Crippen molar-refractivity contribution in [1.82, 2.24) is 0 Å². The van der Waals surface area contributed by atoms with Gasteiger partial charge in [0.05, 0.1) is 29.1 Å². The summed E-state index contributed by atoms with van der Waals surface area (Å²) in [6, 6.07) is 6.92. The van der Waals surface area contributed by atoms with Crippen LogP contribution in [-0.2, 0) is 26.8 Å². The average molecular weight is 254 g/mol. The van der Waals surface area contributed by atoms with Gasteiger partial charge in [0, 0.05) is 11.5 Å². The molecule has 2 atom stereocenters. The maximum atomic E-state index is 12.1. The molecule has 92 valence electrons. The van der Waals surface area contributed by atoms with Gasteiger partial charge in [-0.25, -0.2) is 0 Å². The number of carboxylic acids is 1. The number of carboxylic acid groups (broad SMARTS) is 1. The lowest BCUT2D eigenvalue weighted by atomic mass is 10.2. The molecule has 1 fully saturated rings. The fourth-order valence-corrected chi connectivity index (χ4v) is 3.11. The largest absolute Gasteiger partial charge is 0.481 e. The van der Waals surface area contributed by atoms with Crippen LogP contribution in [-0.4, -0.2) is 33.7 Å². The summed E-state index contributed by atoms with van der Waals surface area (Å²) in [5.74, 6) is -0.858. The Balaban J connectivity index is 2.06. The van der Waals surface area contributed by atoms with Crippen LogP contribution in [0.15, 0.2) is 29.2 Å². The molecule has 0 bridgehead atoms. The van der Waals surface area contributed by atoms with Gasteiger partial charge in [0.25, 0.3) is 0 Å². The molecule has 1 heterocycles. The predicted octanol–water partition coefficient (Wildman–Crippen LogP) is 1.21. The molecular formula is C12H14O4S. The van der Waals surface area contributed by atoms with Crippen LogP contribution in [0, 0.1) is 0 Å². The van der Waals surface area contributed by atoms with E-state index in [0.29, 0.717) is 13.2 Å². The standard InChI is InChI=1S/C12H14O4S/c13-12(14)7-9-1-3-10(4-2-9)17(15)11-5-6-16-8-11/h1-4,11H,5-8H2,(H,13,14). The molecule has 1 aliphatic rings. The molecule has 2 rings (SSSR count). The first-order valence-electron chi connectivity index (χ1n) is 5.46. The van der Waals surface area contributed by atoms with E-state index in [4.69, 9.17) is 9.84 Å². The van der Waals surface area contributed by atoms with Crippen LogP contribution in [0.4, 0.5) is 0 Å². The van der Waals surface area contributed by atoms with Crippen molar-refractivity contribution < 1.29 is 18.8 Å². The Hall–Kier alpha value is -1.20. The monoisotopic (exact) mass is 254 g/mol.